The summed E-state index contributed by atoms with van der Waals surface area (Å²) < 4.78 is 22.6. The van der Waals surface area contributed by atoms with Crippen LogP contribution in [0.4, 0.5) is 5.69 Å². The van der Waals surface area contributed by atoms with Crippen molar-refractivity contribution in [2.45, 2.75) is 6.42 Å². The fraction of sp³-hybridized carbons (Fsp3) is 0.429. The van der Waals surface area contributed by atoms with Crippen molar-refractivity contribution in [3.8, 4) is 0 Å². The van der Waals surface area contributed by atoms with E-state index in [0.29, 0.717) is 6.42 Å². The van der Waals surface area contributed by atoms with Gasteiger partial charge in [-0.3, -0.25) is 4.79 Å². The molecule has 1 N–H and O–H groups in total. The fourth-order valence-electron chi connectivity index (χ4n) is 2.12. The van der Waals surface area contributed by atoms with Gasteiger partial charge in [0.1, 0.15) is 0 Å². The van der Waals surface area contributed by atoms with Crippen LogP contribution in [0.3, 0.4) is 0 Å². The van der Waals surface area contributed by atoms with Crippen LogP contribution >= 0.6 is 0 Å². The average Bonchev–Trinajstić information content (AvgIpc) is 2.79. The predicted molar refractivity (Wildman–Crippen MR) is 83.3 cm³/mol. The van der Waals surface area contributed by atoms with Gasteiger partial charge in [0.25, 0.3) is 0 Å². The molecule has 0 saturated carbocycles. The first-order valence-corrected chi connectivity index (χ1v) is 8.50. The first-order chi connectivity index (χ1) is 9.87. The molecule has 7 heteroatoms. The monoisotopic (exact) mass is 309 g/mol. The van der Waals surface area contributed by atoms with Gasteiger partial charge in [-0.25, -0.2) is 13.8 Å². The number of anilines is 1. The summed E-state index contributed by atoms with van der Waals surface area (Å²) in [7, 11) is 0.867. The molecule has 1 aromatic rings. The third-order valence-corrected chi connectivity index (χ3v) is 5.17. The Morgan fingerprint density at radius 3 is 2.52 bits per heavy atom. The molecule has 2 rings (SSSR count). The Hall–Kier alpha value is -1.89. The molecule has 21 heavy (non-hydrogen) atoms. The maximum Gasteiger partial charge on any atom is 0.244 e. The van der Waals surface area contributed by atoms with E-state index >= 15 is 0 Å². The van der Waals surface area contributed by atoms with Crippen molar-refractivity contribution in [1.82, 2.24) is 5.43 Å². The van der Waals surface area contributed by atoms with Crippen LogP contribution in [0.1, 0.15) is 12.0 Å². The molecule has 114 valence electrons. The number of nitrogens with zero attached hydrogens (tertiary/aromatic N) is 2. The van der Waals surface area contributed by atoms with E-state index in [1.165, 1.54) is 0 Å². The average molecular weight is 309 g/mol. The minimum absolute atomic E-state index is 0.0775. The van der Waals surface area contributed by atoms with Gasteiger partial charge in [-0.1, -0.05) is 12.1 Å². The Bertz CT molecular complexity index is 636. The van der Waals surface area contributed by atoms with Gasteiger partial charge >= 0.3 is 0 Å². The highest BCUT2D eigenvalue weighted by Gasteiger charge is 2.32. The molecule has 0 bridgehead atoms. The summed E-state index contributed by atoms with van der Waals surface area (Å²) in [4.78, 5) is 13.8. The molecule has 1 heterocycles. The van der Waals surface area contributed by atoms with Crippen molar-refractivity contribution in [3.05, 3.63) is 29.8 Å². The number of nitrogens with one attached hydrogen (secondary N) is 1. The Kier molecular flexibility index (Phi) is 4.62. The van der Waals surface area contributed by atoms with Gasteiger partial charge in [0.05, 0.1) is 23.6 Å². The predicted octanol–water partition coefficient (Wildman–Crippen LogP) is 0.637. The minimum atomic E-state index is -3.05. The maximum atomic E-state index is 11.8. The Balaban J connectivity index is 1.89. The SMILES string of the molecule is CN(C)c1ccc(/C=N\NC(=O)[C@H]2CCS(=O)(=O)C2)cc1. The van der Waals surface area contributed by atoms with Crippen molar-refractivity contribution < 1.29 is 13.2 Å². The van der Waals surface area contributed by atoms with Gasteiger partial charge in [-0.05, 0) is 24.1 Å². The van der Waals surface area contributed by atoms with Crippen molar-refractivity contribution in [2.24, 2.45) is 11.0 Å². The summed E-state index contributed by atoms with van der Waals surface area (Å²) in [5.74, 6) is -0.812. The topological polar surface area (TPSA) is 78.8 Å². The molecule has 1 fully saturated rings. The van der Waals surface area contributed by atoms with Crippen molar-refractivity contribution >= 4 is 27.6 Å². The number of benzene rings is 1. The van der Waals surface area contributed by atoms with E-state index < -0.39 is 15.8 Å². The maximum absolute atomic E-state index is 11.8. The number of amides is 1. The van der Waals surface area contributed by atoms with E-state index in [4.69, 9.17) is 0 Å². The van der Waals surface area contributed by atoms with Gasteiger partial charge in [0, 0.05) is 19.8 Å². The number of rotatable bonds is 4. The molecule has 0 unspecified atom stereocenters. The third-order valence-electron chi connectivity index (χ3n) is 3.40. The summed E-state index contributed by atoms with van der Waals surface area (Å²) in [5.41, 5.74) is 4.34. The number of carbonyl (C=O) groups excluding carboxylic acids is 1. The zero-order chi connectivity index (χ0) is 15.5. The normalized spacial score (nSPS) is 20.6. The largest absolute Gasteiger partial charge is 0.378 e. The van der Waals surface area contributed by atoms with Crippen LogP contribution in [0.25, 0.3) is 0 Å². The second-order valence-electron chi connectivity index (χ2n) is 5.32. The van der Waals surface area contributed by atoms with Gasteiger partial charge < -0.3 is 4.90 Å². The van der Waals surface area contributed by atoms with Gasteiger partial charge in [0.15, 0.2) is 9.84 Å². The molecule has 0 radical (unpaired) electrons. The first kappa shape index (κ1) is 15.5. The zero-order valence-electron chi connectivity index (χ0n) is 12.1. The molecule has 1 amide bonds. The zero-order valence-corrected chi connectivity index (χ0v) is 12.9. The summed E-state index contributed by atoms with van der Waals surface area (Å²) in [6.45, 7) is 0. The standard InChI is InChI=1S/C14H19N3O3S/c1-17(2)13-5-3-11(4-6-13)9-15-16-14(18)12-7-8-21(19,20)10-12/h3-6,9,12H,7-8,10H2,1-2H3,(H,16,18)/b15-9-/t12-/m0/s1. The molecule has 6 nitrogen and oxygen atoms in total. The molecule has 1 atom stereocenters. The minimum Gasteiger partial charge on any atom is -0.378 e. The summed E-state index contributed by atoms with van der Waals surface area (Å²) >= 11 is 0. The summed E-state index contributed by atoms with van der Waals surface area (Å²) in [6, 6.07) is 7.69. The Labute approximate surface area is 124 Å². The third kappa shape index (κ3) is 4.29. The number of hydrazone groups is 1. The number of sulfone groups is 1. The highest BCUT2D eigenvalue weighted by molar-refractivity contribution is 7.91. The molecule has 0 aromatic heterocycles. The van der Waals surface area contributed by atoms with Crippen LogP contribution in [0, 0.1) is 5.92 Å². The number of hydrogen-bond acceptors (Lipinski definition) is 5. The second-order valence-corrected chi connectivity index (χ2v) is 7.55. The molecular weight excluding hydrogens is 290 g/mol. The van der Waals surface area contributed by atoms with E-state index in [9.17, 15) is 13.2 Å². The molecule has 1 aliphatic heterocycles. The lowest BCUT2D eigenvalue weighted by Crippen LogP contribution is -2.27. The fourth-order valence-corrected chi connectivity index (χ4v) is 3.86. The van der Waals surface area contributed by atoms with Crippen LogP contribution in [-0.4, -0.2) is 46.1 Å². The van der Waals surface area contributed by atoms with Crippen LogP contribution in [0.5, 0.6) is 0 Å². The Morgan fingerprint density at radius 1 is 1.33 bits per heavy atom. The smallest absolute Gasteiger partial charge is 0.244 e. The van der Waals surface area contributed by atoms with Gasteiger partial charge in [-0.15, -0.1) is 0 Å². The lowest BCUT2D eigenvalue weighted by Gasteiger charge is -2.11. The van der Waals surface area contributed by atoms with Gasteiger partial charge in [-0.2, -0.15) is 5.10 Å². The molecular formula is C14H19N3O3S. The lowest BCUT2D eigenvalue weighted by molar-refractivity contribution is -0.124. The summed E-state index contributed by atoms with van der Waals surface area (Å²) in [5, 5.41) is 3.88. The molecule has 0 spiro atoms. The highest BCUT2D eigenvalue weighted by atomic mass is 32.2. The first-order valence-electron chi connectivity index (χ1n) is 6.68. The van der Waals surface area contributed by atoms with Crippen molar-refractivity contribution in [1.29, 1.82) is 0 Å². The summed E-state index contributed by atoms with van der Waals surface area (Å²) in [6.07, 6.45) is 1.92. The van der Waals surface area contributed by atoms with Crippen LogP contribution in [0.2, 0.25) is 0 Å². The van der Waals surface area contributed by atoms with Crippen LogP contribution < -0.4 is 10.3 Å². The Morgan fingerprint density at radius 2 is 2.00 bits per heavy atom. The second kappa shape index (κ2) is 6.26. The van der Waals surface area contributed by atoms with Gasteiger partial charge in [0.2, 0.25) is 5.91 Å². The van der Waals surface area contributed by atoms with Crippen LogP contribution in [-0.2, 0) is 14.6 Å². The van der Waals surface area contributed by atoms with Crippen LogP contribution in [0.15, 0.2) is 29.4 Å². The van der Waals surface area contributed by atoms with Crippen molar-refractivity contribution in [2.75, 3.05) is 30.5 Å². The number of carbonyl (C=O) groups is 1. The lowest BCUT2D eigenvalue weighted by atomic mass is 10.1. The highest BCUT2D eigenvalue weighted by Crippen LogP contribution is 2.18. The van der Waals surface area contributed by atoms with E-state index in [1.54, 1.807) is 6.21 Å². The van der Waals surface area contributed by atoms with E-state index in [1.807, 2.05) is 43.3 Å². The van der Waals surface area contributed by atoms with E-state index in [0.717, 1.165) is 11.3 Å². The molecule has 1 aliphatic rings. The molecule has 0 aliphatic carbocycles. The van der Waals surface area contributed by atoms with E-state index in [-0.39, 0.29) is 17.4 Å². The quantitative estimate of drug-likeness (QED) is 0.654. The molecule has 1 saturated heterocycles. The van der Waals surface area contributed by atoms with E-state index in [2.05, 4.69) is 10.5 Å². The molecule has 1 aromatic carbocycles. The van der Waals surface area contributed by atoms with Crippen molar-refractivity contribution in [3.63, 3.8) is 0 Å². The number of hydrogen-bond donors (Lipinski definition) is 1.